The first-order valence-electron chi connectivity index (χ1n) is 6.77. The molecule has 1 N–H and O–H groups in total. The van der Waals surface area contributed by atoms with Crippen LogP contribution in [-0.2, 0) is 16.4 Å². The summed E-state index contributed by atoms with van der Waals surface area (Å²) in [6.07, 6.45) is 2.53. The van der Waals surface area contributed by atoms with Crippen molar-refractivity contribution in [2.75, 3.05) is 25.9 Å². The van der Waals surface area contributed by atoms with Crippen LogP contribution >= 0.6 is 24.8 Å². The van der Waals surface area contributed by atoms with Gasteiger partial charge in [-0.1, -0.05) is 12.1 Å². The lowest BCUT2D eigenvalue weighted by Crippen LogP contribution is -2.29. The van der Waals surface area contributed by atoms with Crippen molar-refractivity contribution >= 4 is 34.7 Å². The Kier molecular flexibility index (Phi) is 6.50. The monoisotopic (exact) mass is 352 g/mol. The number of sulfone groups is 1. The molecule has 120 valence electrons. The van der Waals surface area contributed by atoms with Crippen LogP contribution in [0.15, 0.2) is 29.2 Å². The summed E-state index contributed by atoms with van der Waals surface area (Å²) in [6.45, 7) is 4.34. The second-order valence-corrected chi connectivity index (χ2v) is 7.74. The number of halogens is 2. The quantitative estimate of drug-likeness (QED) is 0.899. The van der Waals surface area contributed by atoms with Gasteiger partial charge in [-0.15, -0.1) is 24.8 Å². The first-order valence-corrected chi connectivity index (χ1v) is 8.66. The van der Waals surface area contributed by atoms with Crippen molar-refractivity contribution in [3.63, 3.8) is 0 Å². The van der Waals surface area contributed by atoms with Crippen molar-refractivity contribution in [1.82, 2.24) is 10.2 Å². The van der Waals surface area contributed by atoms with E-state index >= 15 is 0 Å². The molecule has 0 spiro atoms. The van der Waals surface area contributed by atoms with Crippen LogP contribution in [0.5, 0.6) is 0 Å². The average Bonchev–Trinajstić information content (AvgIpc) is 2.89. The zero-order chi connectivity index (χ0) is 13.5. The molecule has 0 amide bonds. The fraction of sp³-hybridized carbons (Fsp3) is 0.571. The molecule has 0 unspecified atom stereocenters. The van der Waals surface area contributed by atoms with Crippen molar-refractivity contribution in [3.05, 3.63) is 29.8 Å². The topological polar surface area (TPSA) is 49.4 Å². The first kappa shape index (κ1) is 18.7. The van der Waals surface area contributed by atoms with Crippen LogP contribution in [0.1, 0.15) is 12.0 Å². The van der Waals surface area contributed by atoms with Gasteiger partial charge in [-0.3, -0.25) is 4.90 Å². The predicted octanol–water partition coefficient (Wildman–Crippen LogP) is 1.73. The lowest BCUT2D eigenvalue weighted by Gasteiger charge is -2.17. The van der Waals surface area contributed by atoms with E-state index in [1.165, 1.54) is 18.2 Å². The van der Waals surface area contributed by atoms with Gasteiger partial charge in [0, 0.05) is 31.9 Å². The molecule has 2 aliphatic heterocycles. The van der Waals surface area contributed by atoms with Gasteiger partial charge < -0.3 is 5.32 Å². The van der Waals surface area contributed by atoms with E-state index in [0.29, 0.717) is 10.9 Å². The molecule has 1 aromatic rings. The summed E-state index contributed by atoms with van der Waals surface area (Å²) in [5, 5.41) is 3.54. The summed E-state index contributed by atoms with van der Waals surface area (Å²) in [6, 6.07) is 7.94. The molecule has 0 aliphatic carbocycles. The normalized spacial score (nSPS) is 25.0. The predicted molar refractivity (Wildman–Crippen MR) is 89.2 cm³/mol. The lowest BCUT2D eigenvalue weighted by atomic mass is 10.1. The minimum Gasteiger partial charge on any atom is -0.312 e. The van der Waals surface area contributed by atoms with Crippen LogP contribution in [0.2, 0.25) is 0 Å². The minimum atomic E-state index is -3.08. The van der Waals surface area contributed by atoms with Crippen molar-refractivity contribution in [1.29, 1.82) is 0 Å². The lowest BCUT2D eigenvalue weighted by molar-refractivity contribution is 0.306. The second-order valence-electron chi connectivity index (χ2n) is 5.72. The fourth-order valence-corrected chi connectivity index (χ4v) is 3.80. The maximum absolute atomic E-state index is 11.4. The summed E-state index contributed by atoms with van der Waals surface area (Å²) in [7, 11) is -3.08. The Hall–Kier alpha value is -0.330. The Morgan fingerprint density at radius 3 is 2.43 bits per heavy atom. The second kappa shape index (κ2) is 7.29. The SMILES string of the molecule is CS(=O)(=O)c1ccc(CN2C[C@@H]3CCN[C@@H]3C2)cc1.Cl.Cl. The van der Waals surface area contributed by atoms with E-state index in [1.54, 1.807) is 12.1 Å². The van der Waals surface area contributed by atoms with E-state index in [4.69, 9.17) is 0 Å². The largest absolute Gasteiger partial charge is 0.312 e. The minimum absolute atomic E-state index is 0. The number of hydrogen-bond acceptors (Lipinski definition) is 4. The van der Waals surface area contributed by atoms with Crippen molar-refractivity contribution in [2.45, 2.75) is 23.9 Å². The third-order valence-corrected chi connectivity index (χ3v) is 5.32. The zero-order valence-electron chi connectivity index (χ0n) is 12.0. The Morgan fingerprint density at radius 1 is 1.19 bits per heavy atom. The van der Waals surface area contributed by atoms with E-state index in [1.807, 2.05) is 12.1 Å². The zero-order valence-corrected chi connectivity index (χ0v) is 14.4. The summed E-state index contributed by atoms with van der Waals surface area (Å²) < 4.78 is 22.8. The van der Waals surface area contributed by atoms with E-state index in [0.717, 1.165) is 32.1 Å². The van der Waals surface area contributed by atoms with Gasteiger partial charge in [0.05, 0.1) is 4.90 Å². The standard InChI is InChI=1S/C14H20N2O2S.2ClH/c1-19(17,18)13-4-2-11(3-5-13)8-16-9-12-6-7-15-14(12)10-16;;/h2-5,12,14-15H,6-10H2,1H3;2*1H/t12-,14+;;/m0../s1. The van der Waals surface area contributed by atoms with Gasteiger partial charge in [0.25, 0.3) is 0 Å². The van der Waals surface area contributed by atoms with E-state index in [9.17, 15) is 8.42 Å². The molecule has 7 heteroatoms. The smallest absolute Gasteiger partial charge is 0.175 e. The molecule has 0 bridgehead atoms. The van der Waals surface area contributed by atoms with Crippen LogP contribution in [0.25, 0.3) is 0 Å². The van der Waals surface area contributed by atoms with Crippen LogP contribution in [-0.4, -0.2) is 45.2 Å². The van der Waals surface area contributed by atoms with Crippen molar-refractivity contribution in [3.8, 4) is 0 Å². The number of nitrogens with one attached hydrogen (secondary N) is 1. The molecule has 2 heterocycles. The number of fused-ring (bicyclic) bond motifs is 1. The Balaban J connectivity index is 0.00000110. The number of rotatable bonds is 3. The summed E-state index contributed by atoms with van der Waals surface area (Å²) in [4.78, 5) is 2.85. The maximum atomic E-state index is 11.4. The van der Waals surface area contributed by atoms with Gasteiger partial charge in [0.1, 0.15) is 0 Å². The highest BCUT2D eigenvalue weighted by Gasteiger charge is 2.35. The number of nitrogens with zero attached hydrogens (tertiary/aromatic N) is 1. The molecule has 2 atom stereocenters. The summed E-state index contributed by atoms with van der Waals surface area (Å²) in [5.74, 6) is 0.801. The highest BCUT2D eigenvalue weighted by Crippen LogP contribution is 2.25. The first-order chi connectivity index (χ1) is 9.02. The third kappa shape index (κ3) is 4.33. The van der Waals surface area contributed by atoms with Crippen LogP contribution in [0.4, 0.5) is 0 Å². The van der Waals surface area contributed by atoms with Crippen LogP contribution in [0, 0.1) is 5.92 Å². The highest BCUT2D eigenvalue weighted by molar-refractivity contribution is 7.90. The molecule has 4 nitrogen and oxygen atoms in total. The fourth-order valence-electron chi connectivity index (χ4n) is 3.17. The molecule has 2 aliphatic rings. The van der Waals surface area contributed by atoms with E-state index in [-0.39, 0.29) is 24.8 Å². The molecule has 0 aromatic heterocycles. The van der Waals surface area contributed by atoms with E-state index < -0.39 is 9.84 Å². The van der Waals surface area contributed by atoms with Gasteiger partial charge in [-0.05, 0) is 36.6 Å². The molecule has 0 radical (unpaired) electrons. The van der Waals surface area contributed by atoms with E-state index in [2.05, 4.69) is 10.2 Å². The van der Waals surface area contributed by atoms with Crippen LogP contribution < -0.4 is 5.32 Å². The molecule has 21 heavy (non-hydrogen) atoms. The molecular weight excluding hydrogens is 331 g/mol. The molecule has 0 saturated carbocycles. The number of likely N-dealkylation sites (tertiary alicyclic amines) is 1. The van der Waals surface area contributed by atoms with Gasteiger partial charge >= 0.3 is 0 Å². The Labute approximate surface area is 139 Å². The molecule has 1 aromatic carbocycles. The van der Waals surface area contributed by atoms with Crippen molar-refractivity contribution in [2.24, 2.45) is 5.92 Å². The summed E-state index contributed by atoms with van der Waals surface area (Å²) >= 11 is 0. The molecule has 3 rings (SSSR count). The van der Waals surface area contributed by atoms with Crippen molar-refractivity contribution < 1.29 is 8.42 Å². The molecule has 2 fully saturated rings. The van der Waals surface area contributed by atoms with Gasteiger partial charge in [0.15, 0.2) is 9.84 Å². The third-order valence-electron chi connectivity index (χ3n) is 4.20. The van der Waals surface area contributed by atoms with Gasteiger partial charge in [-0.25, -0.2) is 8.42 Å². The number of hydrogen-bond donors (Lipinski definition) is 1. The number of benzene rings is 1. The van der Waals surface area contributed by atoms with Gasteiger partial charge in [-0.2, -0.15) is 0 Å². The Morgan fingerprint density at radius 2 is 1.86 bits per heavy atom. The highest BCUT2D eigenvalue weighted by atomic mass is 35.5. The molecule has 2 saturated heterocycles. The average molecular weight is 353 g/mol. The summed E-state index contributed by atoms with van der Waals surface area (Å²) in [5.41, 5.74) is 1.19. The maximum Gasteiger partial charge on any atom is 0.175 e. The molecular formula is C14H22Cl2N2O2S. The Bertz CT molecular complexity index is 551. The van der Waals surface area contributed by atoms with Gasteiger partial charge in [0.2, 0.25) is 0 Å². The van der Waals surface area contributed by atoms with Crippen LogP contribution in [0.3, 0.4) is 0 Å².